The second kappa shape index (κ2) is 9.92. The van der Waals surface area contributed by atoms with Crippen LogP contribution in [0, 0.1) is 0 Å². The molecule has 2 aromatic rings. The summed E-state index contributed by atoms with van der Waals surface area (Å²) in [4.78, 5) is 37.5. The third kappa shape index (κ3) is 5.96. The van der Waals surface area contributed by atoms with Crippen LogP contribution in [0.3, 0.4) is 0 Å². The Morgan fingerprint density at radius 3 is 2.07 bits per heavy atom. The van der Waals surface area contributed by atoms with E-state index in [4.69, 9.17) is 9.47 Å². The topological polar surface area (TPSA) is 69.7 Å². The van der Waals surface area contributed by atoms with Crippen LogP contribution in [0.2, 0.25) is 0 Å². The molecule has 0 saturated heterocycles. The molecular weight excluding hydrogens is 364 g/mol. The summed E-state index contributed by atoms with van der Waals surface area (Å²) in [6, 6.07) is 13.8. The summed E-state index contributed by atoms with van der Waals surface area (Å²) >= 11 is 1.59. The lowest BCUT2D eigenvalue weighted by molar-refractivity contribution is -0.146. The van der Waals surface area contributed by atoms with Crippen LogP contribution in [0.1, 0.15) is 40.5 Å². The van der Waals surface area contributed by atoms with Gasteiger partial charge in [0, 0.05) is 22.4 Å². The summed E-state index contributed by atoms with van der Waals surface area (Å²) in [6.07, 6.45) is 1.02. The highest BCUT2D eigenvalue weighted by Crippen LogP contribution is 2.17. The smallest absolute Gasteiger partial charge is 0.306 e. The maximum absolute atomic E-state index is 12.3. The largest absolute Gasteiger partial charge is 0.497 e. The van der Waals surface area contributed by atoms with Gasteiger partial charge in [0.25, 0.3) is 0 Å². The number of carbonyl (C=O) groups is 3. The Morgan fingerprint density at radius 1 is 0.926 bits per heavy atom. The van der Waals surface area contributed by atoms with E-state index in [1.807, 2.05) is 18.4 Å². The van der Waals surface area contributed by atoms with Crippen molar-refractivity contribution in [3.63, 3.8) is 0 Å². The highest BCUT2D eigenvalue weighted by atomic mass is 32.2. The molecule has 0 fully saturated rings. The van der Waals surface area contributed by atoms with Gasteiger partial charge < -0.3 is 9.47 Å². The summed E-state index contributed by atoms with van der Waals surface area (Å²) < 4.78 is 10.2. The quantitative estimate of drug-likeness (QED) is 0.366. The number of carbonyl (C=O) groups excluding carboxylic acids is 3. The fourth-order valence-electron chi connectivity index (χ4n) is 2.44. The van der Waals surface area contributed by atoms with E-state index in [0.717, 1.165) is 4.90 Å². The predicted molar refractivity (Wildman–Crippen MR) is 105 cm³/mol. The number of methoxy groups -OCH3 is 1. The predicted octanol–water partition coefficient (Wildman–Crippen LogP) is 4.19. The Labute approximate surface area is 163 Å². The Kier molecular flexibility index (Phi) is 7.61. The molecule has 2 aromatic carbocycles. The normalized spacial score (nSPS) is 11.5. The van der Waals surface area contributed by atoms with Gasteiger partial charge in [-0.15, -0.1) is 11.8 Å². The molecule has 0 aliphatic heterocycles. The lowest BCUT2D eigenvalue weighted by Gasteiger charge is -2.12. The molecule has 0 N–H and O–H groups in total. The van der Waals surface area contributed by atoms with Crippen LogP contribution in [0.5, 0.6) is 5.75 Å². The first-order chi connectivity index (χ1) is 12.9. The van der Waals surface area contributed by atoms with Crippen molar-refractivity contribution in [2.45, 2.75) is 30.8 Å². The maximum Gasteiger partial charge on any atom is 0.306 e. The molecule has 0 amide bonds. The number of Topliss-reactive ketones (excluding diaryl/α,β-unsaturated/α-hetero) is 2. The summed E-state index contributed by atoms with van der Waals surface area (Å²) in [5, 5.41) is 0. The first kappa shape index (κ1) is 20.7. The number of rotatable bonds is 9. The minimum absolute atomic E-state index is 0.0426. The molecule has 6 heteroatoms. The van der Waals surface area contributed by atoms with Gasteiger partial charge in [-0.2, -0.15) is 0 Å². The zero-order valence-corrected chi connectivity index (χ0v) is 16.4. The fraction of sp³-hybridized carbons (Fsp3) is 0.286. The van der Waals surface area contributed by atoms with E-state index >= 15 is 0 Å². The molecule has 0 aliphatic rings. The number of hydrogen-bond acceptors (Lipinski definition) is 6. The zero-order valence-electron chi connectivity index (χ0n) is 15.6. The molecule has 0 spiro atoms. The summed E-state index contributed by atoms with van der Waals surface area (Å²) in [6.45, 7) is 1.52. The van der Waals surface area contributed by atoms with E-state index < -0.39 is 12.1 Å². The number of ether oxygens (including phenoxy) is 2. The standard InChI is InChI=1S/C21H22O5S/c1-14(21(24)16-4-8-17(25-2)9-5-16)26-20(23)13-12-19(22)15-6-10-18(27-3)11-7-15/h4-11,14H,12-13H2,1-3H3/t14-/m0/s1. The molecule has 0 bridgehead atoms. The van der Waals surface area contributed by atoms with Gasteiger partial charge in [-0.05, 0) is 49.6 Å². The first-order valence-electron chi connectivity index (χ1n) is 8.49. The average Bonchev–Trinajstić information content (AvgIpc) is 2.71. The molecule has 0 aliphatic carbocycles. The van der Waals surface area contributed by atoms with Gasteiger partial charge in [0.1, 0.15) is 5.75 Å². The minimum atomic E-state index is -0.915. The van der Waals surface area contributed by atoms with Crippen molar-refractivity contribution in [1.29, 1.82) is 0 Å². The highest BCUT2D eigenvalue weighted by molar-refractivity contribution is 7.98. The van der Waals surface area contributed by atoms with Gasteiger partial charge in [-0.25, -0.2) is 0 Å². The van der Waals surface area contributed by atoms with Crippen LogP contribution in [-0.2, 0) is 9.53 Å². The van der Waals surface area contributed by atoms with Gasteiger partial charge in [-0.3, -0.25) is 14.4 Å². The molecule has 0 heterocycles. The van der Waals surface area contributed by atoms with E-state index in [2.05, 4.69) is 0 Å². The summed E-state index contributed by atoms with van der Waals surface area (Å²) in [5.41, 5.74) is 0.990. The van der Waals surface area contributed by atoms with Crippen LogP contribution < -0.4 is 4.74 Å². The van der Waals surface area contributed by atoms with Crippen LogP contribution in [-0.4, -0.2) is 37.0 Å². The molecule has 27 heavy (non-hydrogen) atoms. The van der Waals surface area contributed by atoms with E-state index in [1.54, 1.807) is 55.3 Å². The summed E-state index contributed by atoms with van der Waals surface area (Å²) in [5.74, 6) is -0.363. The SMILES string of the molecule is COc1ccc(C(=O)[C@H](C)OC(=O)CCC(=O)c2ccc(SC)cc2)cc1. The molecule has 1 atom stereocenters. The monoisotopic (exact) mass is 386 g/mol. The van der Waals surface area contributed by atoms with E-state index in [-0.39, 0.29) is 24.4 Å². The second-order valence-electron chi connectivity index (χ2n) is 5.88. The van der Waals surface area contributed by atoms with Gasteiger partial charge in [-0.1, -0.05) is 12.1 Å². The average molecular weight is 386 g/mol. The van der Waals surface area contributed by atoms with Gasteiger partial charge >= 0.3 is 5.97 Å². The third-order valence-electron chi connectivity index (χ3n) is 4.02. The maximum atomic E-state index is 12.3. The van der Waals surface area contributed by atoms with Crippen molar-refractivity contribution in [3.05, 3.63) is 59.7 Å². The van der Waals surface area contributed by atoms with Crippen molar-refractivity contribution >= 4 is 29.3 Å². The van der Waals surface area contributed by atoms with Gasteiger partial charge in [0.2, 0.25) is 5.78 Å². The van der Waals surface area contributed by atoms with E-state index in [0.29, 0.717) is 16.9 Å². The Morgan fingerprint density at radius 2 is 1.52 bits per heavy atom. The number of benzene rings is 2. The van der Waals surface area contributed by atoms with Gasteiger partial charge in [0.05, 0.1) is 13.5 Å². The minimum Gasteiger partial charge on any atom is -0.497 e. The summed E-state index contributed by atoms with van der Waals surface area (Å²) in [7, 11) is 1.54. The fourth-order valence-corrected chi connectivity index (χ4v) is 2.84. The van der Waals surface area contributed by atoms with Crippen molar-refractivity contribution in [3.8, 4) is 5.75 Å². The zero-order chi connectivity index (χ0) is 19.8. The number of hydrogen-bond donors (Lipinski definition) is 0. The molecule has 2 rings (SSSR count). The van der Waals surface area contributed by atoms with Gasteiger partial charge in [0.15, 0.2) is 11.9 Å². The molecule has 142 valence electrons. The Hall–Kier alpha value is -2.60. The van der Waals surface area contributed by atoms with Crippen LogP contribution in [0.25, 0.3) is 0 Å². The third-order valence-corrected chi connectivity index (χ3v) is 4.76. The molecule has 0 radical (unpaired) electrons. The van der Waals surface area contributed by atoms with Crippen molar-refractivity contribution in [2.75, 3.05) is 13.4 Å². The highest BCUT2D eigenvalue weighted by Gasteiger charge is 2.20. The Balaban J connectivity index is 1.84. The molecule has 0 saturated carbocycles. The van der Waals surface area contributed by atoms with Crippen LogP contribution in [0.15, 0.2) is 53.4 Å². The van der Waals surface area contributed by atoms with Crippen LogP contribution in [0.4, 0.5) is 0 Å². The van der Waals surface area contributed by atoms with E-state index in [1.165, 1.54) is 6.92 Å². The lowest BCUT2D eigenvalue weighted by atomic mass is 10.1. The molecule has 0 unspecified atom stereocenters. The number of thioether (sulfide) groups is 1. The molecule has 0 aromatic heterocycles. The van der Waals surface area contributed by atoms with E-state index in [9.17, 15) is 14.4 Å². The first-order valence-corrected chi connectivity index (χ1v) is 9.72. The van der Waals surface area contributed by atoms with Crippen molar-refractivity contribution < 1.29 is 23.9 Å². The Bertz CT molecular complexity index is 796. The number of esters is 1. The lowest BCUT2D eigenvalue weighted by Crippen LogP contribution is -2.24. The molecular formula is C21H22O5S. The molecule has 5 nitrogen and oxygen atoms in total. The number of ketones is 2. The second-order valence-corrected chi connectivity index (χ2v) is 6.76. The van der Waals surface area contributed by atoms with Crippen molar-refractivity contribution in [1.82, 2.24) is 0 Å². The van der Waals surface area contributed by atoms with Crippen LogP contribution >= 0.6 is 11.8 Å². The van der Waals surface area contributed by atoms with Crippen molar-refractivity contribution in [2.24, 2.45) is 0 Å².